The molecule has 1 aromatic carbocycles. The van der Waals surface area contributed by atoms with Crippen LogP contribution in [0.5, 0.6) is 0 Å². The third-order valence-corrected chi connectivity index (χ3v) is 2.17. The smallest absolute Gasteiger partial charge is 0.0456 e. The molecule has 0 fully saturated rings. The predicted octanol–water partition coefficient (Wildman–Crippen LogP) is 2.91. The Morgan fingerprint density at radius 3 is 2.46 bits per heavy atom. The molecule has 0 aliphatic heterocycles. The Balaban J connectivity index is 0.000000845. The van der Waals surface area contributed by atoms with Crippen LogP contribution in [-0.2, 0) is 0 Å². The number of fused-ring (bicyclic) bond motifs is 1. The zero-order valence-electron chi connectivity index (χ0n) is 8.04. The molecule has 13 heavy (non-hydrogen) atoms. The number of aromatic nitrogens is 1. The molecule has 1 heterocycles. The van der Waals surface area contributed by atoms with E-state index >= 15 is 0 Å². The van der Waals surface area contributed by atoms with Crippen LogP contribution in [0.4, 0.5) is 0 Å². The van der Waals surface area contributed by atoms with Crippen molar-refractivity contribution in [2.45, 2.75) is 19.8 Å². The van der Waals surface area contributed by atoms with E-state index in [1.807, 2.05) is 0 Å². The maximum Gasteiger partial charge on any atom is 0.0456 e. The van der Waals surface area contributed by atoms with Crippen LogP contribution in [0.15, 0.2) is 30.3 Å². The third kappa shape index (κ3) is 1.77. The van der Waals surface area contributed by atoms with Crippen molar-refractivity contribution in [1.29, 1.82) is 0 Å². The van der Waals surface area contributed by atoms with Gasteiger partial charge in [-0.05, 0) is 23.4 Å². The first-order valence-electron chi connectivity index (χ1n) is 4.35. The first-order valence-corrected chi connectivity index (χ1v) is 4.35. The van der Waals surface area contributed by atoms with Gasteiger partial charge in [0.25, 0.3) is 0 Å². The van der Waals surface area contributed by atoms with Crippen molar-refractivity contribution in [3.63, 3.8) is 0 Å². The van der Waals surface area contributed by atoms with Crippen molar-refractivity contribution in [2.24, 2.45) is 0 Å². The summed E-state index contributed by atoms with van der Waals surface area (Å²) in [6.07, 6.45) is 0. The fourth-order valence-electron chi connectivity index (χ4n) is 1.41. The van der Waals surface area contributed by atoms with Gasteiger partial charge in [0.05, 0.1) is 0 Å². The molecule has 0 saturated heterocycles. The SMILES string of the molecule is CC(C)c1cc2ccccc2[nH]1.[B]. The van der Waals surface area contributed by atoms with E-state index in [2.05, 4.69) is 49.2 Å². The van der Waals surface area contributed by atoms with Crippen LogP contribution >= 0.6 is 0 Å². The Bertz CT molecular complexity index is 357. The number of aromatic amines is 1. The molecule has 1 N–H and O–H groups in total. The van der Waals surface area contributed by atoms with Crippen molar-refractivity contribution in [3.8, 4) is 0 Å². The van der Waals surface area contributed by atoms with Crippen LogP contribution in [0.2, 0.25) is 0 Å². The summed E-state index contributed by atoms with van der Waals surface area (Å²) in [6.45, 7) is 4.40. The number of hydrogen-bond donors (Lipinski definition) is 1. The van der Waals surface area contributed by atoms with Gasteiger partial charge >= 0.3 is 0 Å². The second kappa shape index (κ2) is 3.69. The number of H-pyrrole nitrogens is 1. The van der Waals surface area contributed by atoms with Crippen LogP contribution < -0.4 is 0 Å². The predicted molar refractivity (Wildman–Crippen MR) is 58.1 cm³/mol. The summed E-state index contributed by atoms with van der Waals surface area (Å²) in [5, 5.41) is 1.31. The summed E-state index contributed by atoms with van der Waals surface area (Å²) < 4.78 is 0. The summed E-state index contributed by atoms with van der Waals surface area (Å²) in [5.41, 5.74) is 2.55. The van der Waals surface area contributed by atoms with Crippen molar-refractivity contribution < 1.29 is 0 Å². The second-order valence-corrected chi connectivity index (χ2v) is 3.47. The molecule has 0 aliphatic carbocycles. The summed E-state index contributed by atoms with van der Waals surface area (Å²) in [6, 6.07) is 10.6. The molecular weight excluding hydrogens is 157 g/mol. The van der Waals surface area contributed by atoms with Crippen molar-refractivity contribution in [3.05, 3.63) is 36.0 Å². The lowest BCUT2D eigenvalue weighted by Gasteiger charge is -1.97. The van der Waals surface area contributed by atoms with Gasteiger partial charge in [-0.2, -0.15) is 0 Å². The molecule has 0 spiro atoms. The summed E-state index contributed by atoms with van der Waals surface area (Å²) in [4.78, 5) is 3.40. The maximum atomic E-state index is 3.40. The molecule has 0 aliphatic rings. The molecule has 1 aromatic heterocycles. The van der Waals surface area contributed by atoms with E-state index in [1.54, 1.807) is 0 Å². The fourth-order valence-corrected chi connectivity index (χ4v) is 1.41. The lowest BCUT2D eigenvalue weighted by atomic mass is 10.1. The van der Waals surface area contributed by atoms with E-state index in [-0.39, 0.29) is 8.41 Å². The Morgan fingerprint density at radius 2 is 1.85 bits per heavy atom. The summed E-state index contributed by atoms with van der Waals surface area (Å²) >= 11 is 0. The minimum atomic E-state index is 0. The van der Waals surface area contributed by atoms with Gasteiger partial charge in [-0.1, -0.05) is 32.0 Å². The highest BCUT2D eigenvalue weighted by molar-refractivity contribution is 5.80. The van der Waals surface area contributed by atoms with Crippen molar-refractivity contribution in [1.82, 2.24) is 4.98 Å². The lowest BCUT2D eigenvalue weighted by molar-refractivity contribution is 0.836. The fraction of sp³-hybridized carbons (Fsp3) is 0.273. The van der Waals surface area contributed by atoms with E-state index in [1.165, 1.54) is 16.6 Å². The first kappa shape index (κ1) is 9.91. The normalized spacial score (nSPS) is 10.4. The van der Waals surface area contributed by atoms with Gasteiger partial charge in [0, 0.05) is 19.6 Å². The Labute approximate surface area is 80.7 Å². The van der Waals surface area contributed by atoms with Crippen LogP contribution in [0.1, 0.15) is 25.5 Å². The molecule has 0 bridgehead atoms. The maximum absolute atomic E-state index is 3.40. The van der Waals surface area contributed by atoms with E-state index in [0.29, 0.717) is 5.92 Å². The van der Waals surface area contributed by atoms with Crippen LogP contribution in [-0.4, -0.2) is 13.4 Å². The van der Waals surface area contributed by atoms with Gasteiger partial charge in [0.15, 0.2) is 0 Å². The molecule has 2 aromatic rings. The monoisotopic (exact) mass is 170 g/mol. The standard InChI is InChI=1S/C11H13N.B/c1-8(2)11-7-9-5-3-4-6-10(9)12-11;/h3-8,12H,1-2H3;. The van der Waals surface area contributed by atoms with Gasteiger partial charge in [-0.25, -0.2) is 0 Å². The highest BCUT2D eigenvalue weighted by atomic mass is 14.7. The molecule has 0 atom stereocenters. The minimum absolute atomic E-state index is 0. The summed E-state index contributed by atoms with van der Waals surface area (Å²) in [7, 11) is 0. The number of rotatable bonds is 1. The molecule has 0 amide bonds. The topological polar surface area (TPSA) is 15.8 Å². The first-order chi connectivity index (χ1) is 5.77. The van der Waals surface area contributed by atoms with Crippen molar-refractivity contribution >= 4 is 19.3 Å². The van der Waals surface area contributed by atoms with Crippen LogP contribution in [0.25, 0.3) is 10.9 Å². The number of nitrogens with one attached hydrogen (secondary N) is 1. The highest BCUT2D eigenvalue weighted by Gasteiger charge is 2.02. The van der Waals surface area contributed by atoms with Gasteiger partial charge in [-0.3, -0.25) is 0 Å². The number of benzene rings is 1. The zero-order chi connectivity index (χ0) is 8.55. The molecule has 0 saturated carbocycles. The van der Waals surface area contributed by atoms with E-state index in [9.17, 15) is 0 Å². The van der Waals surface area contributed by atoms with Gasteiger partial charge in [-0.15, -0.1) is 0 Å². The molecule has 1 nitrogen and oxygen atoms in total. The number of para-hydroxylation sites is 1. The molecular formula is C11H13BN. The largest absolute Gasteiger partial charge is 0.358 e. The van der Waals surface area contributed by atoms with E-state index in [0.717, 1.165) is 0 Å². The van der Waals surface area contributed by atoms with E-state index in [4.69, 9.17) is 0 Å². The zero-order valence-corrected chi connectivity index (χ0v) is 8.04. The van der Waals surface area contributed by atoms with Gasteiger partial charge < -0.3 is 4.98 Å². The third-order valence-electron chi connectivity index (χ3n) is 2.17. The Morgan fingerprint density at radius 1 is 1.15 bits per heavy atom. The van der Waals surface area contributed by atoms with Gasteiger partial charge in [0.1, 0.15) is 0 Å². The average molecular weight is 170 g/mol. The van der Waals surface area contributed by atoms with Crippen LogP contribution in [0, 0.1) is 0 Å². The Kier molecular flexibility index (Phi) is 2.81. The van der Waals surface area contributed by atoms with Gasteiger partial charge in [0.2, 0.25) is 0 Å². The average Bonchev–Trinajstić information content (AvgIpc) is 2.46. The highest BCUT2D eigenvalue weighted by Crippen LogP contribution is 2.20. The molecule has 2 rings (SSSR count). The molecule has 0 unspecified atom stereocenters. The lowest BCUT2D eigenvalue weighted by Crippen LogP contribution is -1.84. The Hall–Kier alpha value is -1.18. The molecule has 2 heteroatoms. The van der Waals surface area contributed by atoms with Crippen molar-refractivity contribution in [2.75, 3.05) is 0 Å². The van der Waals surface area contributed by atoms with Crippen LogP contribution in [0.3, 0.4) is 0 Å². The second-order valence-electron chi connectivity index (χ2n) is 3.47. The molecule has 3 radical (unpaired) electrons. The minimum Gasteiger partial charge on any atom is -0.358 e. The summed E-state index contributed by atoms with van der Waals surface area (Å²) in [5.74, 6) is 0.581. The molecule has 65 valence electrons. The van der Waals surface area contributed by atoms with E-state index < -0.39 is 0 Å². The number of hydrogen-bond acceptors (Lipinski definition) is 0. The quantitative estimate of drug-likeness (QED) is 0.633.